The molecule has 38 heavy (non-hydrogen) atoms. The summed E-state index contributed by atoms with van der Waals surface area (Å²) in [4.78, 5) is 32.4. The number of aromatic nitrogens is 2. The minimum Gasteiger partial charge on any atom is -0.475 e. The van der Waals surface area contributed by atoms with Gasteiger partial charge in [-0.05, 0) is 62.2 Å². The highest BCUT2D eigenvalue weighted by Gasteiger charge is 2.28. The van der Waals surface area contributed by atoms with Crippen LogP contribution >= 0.6 is 24.0 Å². The quantitative estimate of drug-likeness (QED) is 0.245. The number of hydrogen-bond acceptors (Lipinski definition) is 7. The van der Waals surface area contributed by atoms with Gasteiger partial charge in [0.05, 0.1) is 28.9 Å². The van der Waals surface area contributed by atoms with Gasteiger partial charge in [0.15, 0.2) is 0 Å². The zero-order valence-corrected chi connectivity index (χ0v) is 22.4. The van der Waals surface area contributed by atoms with E-state index in [4.69, 9.17) is 26.8 Å². The van der Waals surface area contributed by atoms with Crippen molar-refractivity contribution in [1.29, 1.82) is 0 Å². The smallest absolute Gasteiger partial charge is 0.343 e. The summed E-state index contributed by atoms with van der Waals surface area (Å²) < 4.78 is 12.9. The first-order chi connectivity index (χ1) is 18.0. The number of nitrogens with zero attached hydrogens (tertiary/aromatic N) is 3. The van der Waals surface area contributed by atoms with E-state index in [0.717, 1.165) is 30.8 Å². The van der Waals surface area contributed by atoms with Crippen LogP contribution in [0.5, 0.6) is 5.88 Å². The second kappa shape index (κ2) is 11.8. The van der Waals surface area contributed by atoms with Crippen LogP contribution in [-0.2, 0) is 4.74 Å². The van der Waals surface area contributed by atoms with Gasteiger partial charge in [0.1, 0.15) is 12.2 Å². The lowest BCUT2D eigenvalue weighted by atomic mass is 10.1. The molecule has 4 aromatic rings. The molecule has 2 aromatic heterocycles. The van der Waals surface area contributed by atoms with Crippen LogP contribution in [0.4, 0.5) is 11.4 Å². The number of esters is 1. The number of ether oxygens (including phenoxy) is 2. The SMILES string of the molecule is CCOC(=O)c1cn(-c2ccc(N)cc2)c2cc(N3CCC[C@@H]3COc3ccccn3)c(Cl)cc2c1=O.Cl. The Balaban J connectivity index is 0.00000336. The summed E-state index contributed by atoms with van der Waals surface area (Å²) in [5.41, 5.74) is 8.19. The van der Waals surface area contributed by atoms with Crippen LogP contribution in [0.25, 0.3) is 16.6 Å². The van der Waals surface area contributed by atoms with Gasteiger partial charge < -0.3 is 24.7 Å². The van der Waals surface area contributed by atoms with Crippen molar-refractivity contribution < 1.29 is 14.3 Å². The van der Waals surface area contributed by atoms with Gasteiger partial charge in [-0.3, -0.25) is 4.79 Å². The van der Waals surface area contributed by atoms with Crippen LogP contribution in [0.3, 0.4) is 0 Å². The molecule has 2 N–H and O–H groups in total. The monoisotopic (exact) mass is 554 g/mol. The molecule has 0 radical (unpaired) electrons. The van der Waals surface area contributed by atoms with E-state index in [1.807, 2.05) is 36.4 Å². The summed E-state index contributed by atoms with van der Waals surface area (Å²) in [7, 11) is 0. The fourth-order valence-corrected chi connectivity index (χ4v) is 4.97. The largest absolute Gasteiger partial charge is 0.475 e. The number of halogens is 2. The fourth-order valence-electron chi connectivity index (χ4n) is 4.70. The Labute approximate surface area is 231 Å². The van der Waals surface area contributed by atoms with Gasteiger partial charge >= 0.3 is 5.97 Å². The predicted molar refractivity (Wildman–Crippen MR) is 152 cm³/mol. The van der Waals surface area contributed by atoms with Gasteiger partial charge in [0.2, 0.25) is 11.3 Å². The summed E-state index contributed by atoms with van der Waals surface area (Å²) in [5.74, 6) is -0.104. The highest BCUT2D eigenvalue weighted by molar-refractivity contribution is 6.34. The number of hydrogen-bond donors (Lipinski definition) is 1. The van der Waals surface area contributed by atoms with Gasteiger partial charge in [0, 0.05) is 41.8 Å². The van der Waals surface area contributed by atoms with Crippen molar-refractivity contribution in [2.75, 3.05) is 30.4 Å². The molecule has 1 atom stereocenters. The van der Waals surface area contributed by atoms with Gasteiger partial charge in [-0.25, -0.2) is 9.78 Å². The molecule has 198 valence electrons. The molecule has 1 saturated heterocycles. The molecule has 0 saturated carbocycles. The average molecular weight is 555 g/mol. The summed E-state index contributed by atoms with van der Waals surface area (Å²) in [5, 5.41) is 0.760. The molecule has 1 aliphatic rings. The van der Waals surface area contributed by atoms with Crippen LogP contribution in [0.15, 0.2) is 71.8 Å². The molecule has 0 amide bonds. The molecule has 3 heterocycles. The second-order valence-electron chi connectivity index (χ2n) is 8.84. The van der Waals surface area contributed by atoms with E-state index in [2.05, 4.69) is 9.88 Å². The summed E-state index contributed by atoms with van der Waals surface area (Å²) in [6.07, 6.45) is 5.14. The Kier molecular flexibility index (Phi) is 8.44. The molecule has 1 fully saturated rings. The zero-order valence-electron chi connectivity index (χ0n) is 20.8. The zero-order chi connectivity index (χ0) is 25.9. The van der Waals surface area contributed by atoms with Crippen molar-refractivity contribution in [1.82, 2.24) is 9.55 Å². The minimum absolute atomic E-state index is 0. The Bertz CT molecular complexity index is 1490. The van der Waals surface area contributed by atoms with Crippen LogP contribution in [-0.4, -0.2) is 41.3 Å². The highest BCUT2D eigenvalue weighted by atomic mass is 35.5. The van der Waals surface area contributed by atoms with E-state index in [0.29, 0.717) is 34.1 Å². The number of carbonyl (C=O) groups excluding carboxylic acids is 1. The van der Waals surface area contributed by atoms with E-state index in [9.17, 15) is 9.59 Å². The van der Waals surface area contributed by atoms with Crippen molar-refractivity contribution in [2.45, 2.75) is 25.8 Å². The molecule has 10 heteroatoms. The number of nitrogen functional groups attached to an aromatic ring is 1. The maximum absolute atomic E-state index is 13.4. The van der Waals surface area contributed by atoms with E-state index in [1.165, 1.54) is 6.20 Å². The van der Waals surface area contributed by atoms with Crippen molar-refractivity contribution in [3.8, 4) is 11.6 Å². The number of pyridine rings is 2. The second-order valence-corrected chi connectivity index (χ2v) is 9.25. The van der Waals surface area contributed by atoms with E-state index in [-0.39, 0.29) is 30.6 Å². The summed E-state index contributed by atoms with van der Waals surface area (Å²) in [6, 6.07) is 16.4. The van der Waals surface area contributed by atoms with Crippen LogP contribution in [0, 0.1) is 0 Å². The van der Waals surface area contributed by atoms with Gasteiger partial charge in [0.25, 0.3) is 0 Å². The number of fused-ring (bicyclic) bond motifs is 1. The molecule has 5 rings (SSSR count). The number of carbonyl (C=O) groups is 1. The maximum atomic E-state index is 13.4. The Morgan fingerprint density at radius 2 is 1.97 bits per heavy atom. The number of nitrogens with two attached hydrogens (primary N) is 1. The first-order valence-corrected chi connectivity index (χ1v) is 12.6. The van der Waals surface area contributed by atoms with Crippen molar-refractivity contribution >= 4 is 52.3 Å². The normalized spacial score (nSPS) is 14.8. The molecule has 2 aromatic carbocycles. The first-order valence-electron chi connectivity index (χ1n) is 12.2. The van der Waals surface area contributed by atoms with E-state index < -0.39 is 11.4 Å². The highest BCUT2D eigenvalue weighted by Crippen LogP contribution is 2.35. The molecule has 0 bridgehead atoms. The molecule has 0 spiro atoms. The lowest BCUT2D eigenvalue weighted by Gasteiger charge is -2.28. The van der Waals surface area contributed by atoms with Crippen molar-refractivity contribution in [3.63, 3.8) is 0 Å². The standard InChI is InChI=1S/C28H27ClN4O4.ClH/c1-2-36-28(35)22-16-33(19-10-8-18(30)9-11-19)24-15-25(23(29)14-21(24)27(22)34)32-13-5-6-20(32)17-37-26-7-3-4-12-31-26;/h3-4,7-12,14-16,20H,2,5-6,13,17,30H2,1H3;1H/t20-;/m1./s1. The topological polar surface area (TPSA) is 99.7 Å². The van der Waals surface area contributed by atoms with Crippen molar-refractivity contribution in [2.24, 2.45) is 0 Å². The van der Waals surface area contributed by atoms with Crippen LogP contribution in [0.1, 0.15) is 30.1 Å². The predicted octanol–water partition coefficient (Wildman–Crippen LogP) is 5.27. The van der Waals surface area contributed by atoms with E-state index in [1.54, 1.807) is 35.9 Å². The lowest BCUT2D eigenvalue weighted by Crippen LogP contribution is -2.34. The van der Waals surface area contributed by atoms with Gasteiger partial charge in [-0.1, -0.05) is 17.7 Å². The maximum Gasteiger partial charge on any atom is 0.343 e. The number of benzene rings is 2. The lowest BCUT2D eigenvalue weighted by molar-refractivity contribution is 0.0524. The third-order valence-corrected chi connectivity index (χ3v) is 6.79. The molecular formula is C28H28Cl2N4O4. The molecular weight excluding hydrogens is 527 g/mol. The van der Waals surface area contributed by atoms with Gasteiger partial charge in [-0.2, -0.15) is 0 Å². The molecule has 8 nitrogen and oxygen atoms in total. The average Bonchev–Trinajstić information content (AvgIpc) is 3.37. The fraction of sp³-hybridized carbons (Fsp3) is 0.250. The Morgan fingerprint density at radius 1 is 1.18 bits per heavy atom. The number of rotatable bonds is 7. The molecule has 1 aliphatic heterocycles. The third kappa shape index (κ3) is 5.42. The first kappa shape index (κ1) is 27.3. The van der Waals surface area contributed by atoms with Crippen molar-refractivity contribution in [3.05, 3.63) is 87.8 Å². The van der Waals surface area contributed by atoms with Gasteiger partial charge in [-0.15, -0.1) is 12.4 Å². The number of anilines is 2. The summed E-state index contributed by atoms with van der Waals surface area (Å²) >= 11 is 6.77. The van der Waals surface area contributed by atoms with Crippen LogP contribution < -0.4 is 20.8 Å². The Hall–Kier alpha value is -3.75. The minimum atomic E-state index is -0.676. The third-order valence-electron chi connectivity index (χ3n) is 6.49. The summed E-state index contributed by atoms with van der Waals surface area (Å²) in [6.45, 7) is 3.12. The molecule has 0 aliphatic carbocycles. The van der Waals surface area contributed by atoms with Crippen LogP contribution in [0.2, 0.25) is 5.02 Å². The Morgan fingerprint density at radius 3 is 2.68 bits per heavy atom. The molecule has 0 unspecified atom stereocenters. The van der Waals surface area contributed by atoms with E-state index >= 15 is 0 Å².